The maximum absolute atomic E-state index is 4.95. The molecular weight excluding hydrogens is 183 g/mol. The third kappa shape index (κ3) is 14.0. The van der Waals surface area contributed by atoms with Crippen LogP contribution in [0, 0.1) is 0 Å². The normalized spacial score (nSPS) is 10.7. The smallest absolute Gasteiger partial charge is 0.282 e. The highest BCUT2D eigenvalue weighted by Gasteiger charge is 1.92. The van der Waals surface area contributed by atoms with Crippen LogP contribution in [0.3, 0.4) is 0 Å². The minimum Gasteiger partial charge on any atom is -0.448 e. The molecule has 0 heterocycles. The molecule has 0 aliphatic rings. The van der Waals surface area contributed by atoms with Crippen molar-refractivity contribution in [3.63, 3.8) is 0 Å². The van der Waals surface area contributed by atoms with E-state index >= 15 is 0 Å². The highest BCUT2D eigenvalue weighted by atomic mass is 16.4. The van der Waals surface area contributed by atoms with E-state index in [1.807, 2.05) is 0 Å². The summed E-state index contributed by atoms with van der Waals surface area (Å²) in [4.78, 5) is 0. The second-order valence-electron chi connectivity index (χ2n) is 4.41. The van der Waals surface area contributed by atoms with Crippen molar-refractivity contribution in [2.75, 3.05) is 6.61 Å². The molecule has 0 rings (SSSR count). The molecule has 0 saturated carbocycles. The lowest BCUT2D eigenvalue weighted by molar-refractivity contribution is 0.332. The first-order valence-electron chi connectivity index (χ1n) is 6.73. The van der Waals surface area contributed by atoms with Crippen molar-refractivity contribution in [1.29, 1.82) is 0 Å². The zero-order chi connectivity index (χ0) is 11.2. The van der Waals surface area contributed by atoms with Crippen LogP contribution in [0.1, 0.15) is 77.6 Å². The lowest BCUT2D eigenvalue weighted by Crippen LogP contribution is -1.89. The molecule has 0 aliphatic heterocycles. The monoisotopic (exact) mass is 210 g/mol. The van der Waals surface area contributed by atoms with Crippen LogP contribution in [0.2, 0.25) is 0 Å². The molecule has 15 heavy (non-hydrogen) atoms. The number of unbranched alkanes of at least 4 members (excludes halogenated alkanes) is 10. The van der Waals surface area contributed by atoms with Gasteiger partial charge < -0.3 is 4.65 Å². The van der Waals surface area contributed by atoms with Crippen LogP contribution < -0.4 is 0 Å². The van der Waals surface area contributed by atoms with Gasteiger partial charge in [-0.05, 0) is 6.42 Å². The Morgan fingerprint density at radius 1 is 0.667 bits per heavy atom. The van der Waals surface area contributed by atoms with E-state index in [9.17, 15) is 0 Å². The van der Waals surface area contributed by atoms with E-state index in [4.69, 9.17) is 8.05 Å². The molecule has 0 amide bonds. The third-order valence-corrected chi connectivity index (χ3v) is 2.87. The SMILES string of the molecule is [B]OCCCCCCCCCCCCC. The summed E-state index contributed by atoms with van der Waals surface area (Å²) in [5.74, 6) is 0. The highest BCUT2D eigenvalue weighted by molar-refractivity contribution is 5.97. The number of rotatable bonds is 12. The van der Waals surface area contributed by atoms with Gasteiger partial charge in [-0.3, -0.25) is 0 Å². The van der Waals surface area contributed by atoms with E-state index < -0.39 is 0 Å². The molecule has 88 valence electrons. The molecule has 0 saturated heterocycles. The Morgan fingerprint density at radius 2 is 1.07 bits per heavy atom. The summed E-state index contributed by atoms with van der Waals surface area (Å²) in [6.45, 7) is 2.99. The molecule has 0 spiro atoms. The number of hydrogen-bond acceptors (Lipinski definition) is 1. The molecule has 2 radical (unpaired) electrons. The van der Waals surface area contributed by atoms with Gasteiger partial charge in [-0.1, -0.05) is 71.1 Å². The Hall–Kier alpha value is 0.0249. The van der Waals surface area contributed by atoms with E-state index in [0.29, 0.717) is 0 Å². The van der Waals surface area contributed by atoms with Crippen LogP contribution in [-0.4, -0.2) is 14.7 Å². The van der Waals surface area contributed by atoms with Crippen molar-refractivity contribution < 1.29 is 4.65 Å². The quantitative estimate of drug-likeness (QED) is 0.342. The van der Waals surface area contributed by atoms with Crippen molar-refractivity contribution in [3.8, 4) is 0 Å². The molecule has 0 fully saturated rings. The van der Waals surface area contributed by atoms with Crippen molar-refractivity contribution in [2.24, 2.45) is 0 Å². The Morgan fingerprint density at radius 3 is 1.47 bits per heavy atom. The van der Waals surface area contributed by atoms with E-state index in [1.165, 1.54) is 64.2 Å². The predicted molar refractivity (Wildman–Crippen MR) is 68.2 cm³/mol. The molecule has 0 aromatic heterocycles. The molecule has 0 aromatic rings. The van der Waals surface area contributed by atoms with Gasteiger partial charge in [-0.25, -0.2) is 0 Å². The Labute approximate surface area is 97.4 Å². The molecule has 0 bridgehead atoms. The van der Waals surface area contributed by atoms with E-state index in [-0.39, 0.29) is 0 Å². The van der Waals surface area contributed by atoms with Crippen LogP contribution in [0.5, 0.6) is 0 Å². The fourth-order valence-corrected chi connectivity index (χ4v) is 1.85. The lowest BCUT2D eigenvalue weighted by Gasteiger charge is -2.02. The summed E-state index contributed by atoms with van der Waals surface area (Å²) < 4.78 is 4.52. The maximum Gasteiger partial charge on any atom is 0.282 e. The molecule has 0 unspecified atom stereocenters. The van der Waals surface area contributed by atoms with Gasteiger partial charge in [0.1, 0.15) is 0 Å². The predicted octanol–water partition coefficient (Wildman–Crippen LogP) is 4.40. The van der Waals surface area contributed by atoms with Crippen LogP contribution in [0.4, 0.5) is 0 Å². The molecule has 0 atom stereocenters. The first-order chi connectivity index (χ1) is 7.41. The van der Waals surface area contributed by atoms with Crippen molar-refractivity contribution in [2.45, 2.75) is 77.6 Å². The van der Waals surface area contributed by atoms with Gasteiger partial charge in [0.15, 0.2) is 0 Å². The van der Waals surface area contributed by atoms with E-state index in [0.717, 1.165) is 13.0 Å². The van der Waals surface area contributed by atoms with Gasteiger partial charge in [0.2, 0.25) is 0 Å². The topological polar surface area (TPSA) is 9.23 Å². The van der Waals surface area contributed by atoms with Crippen LogP contribution in [-0.2, 0) is 4.65 Å². The van der Waals surface area contributed by atoms with Gasteiger partial charge in [-0.2, -0.15) is 0 Å². The van der Waals surface area contributed by atoms with Crippen LogP contribution in [0.15, 0.2) is 0 Å². The maximum atomic E-state index is 4.95. The van der Waals surface area contributed by atoms with Crippen molar-refractivity contribution in [1.82, 2.24) is 0 Å². The Balaban J connectivity index is 2.81. The van der Waals surface area contributed by atoms with Crippen molar-refractivity contribution >= 4 is 8.05 Å². The zero-order valence-electron chi connectivity index (χ0n) is 10.5. The summed E-state index contributed by atoms with van der Waals surface area (Å²) in [5, 5.41) is 0. The summed E-state index contributed by atoms with van der Waals surface area (Å²) in [6, 6.07) is 0. The van der Waals surface area contributed by atoms with E-state index in [1.54, 1.807) is 0 Å². The molecule has 0 aliphatic carbocycles. The van der Waals surface area contributed by atoms with Crippen LogP contribution in [0.25, 0.3) is 0 Å². The Kier molecular flexibility index (Phi) is 14.0. The van der Waals surface area contributed by atoms with Gasteiger partial charge in [-0.15, -0.1) is 0 Å². The van der Waals surface area contributed by atoms with Gasteiger partial charge in [0.05, 0.1) is 0 Å². The summed E-state index contributed by atoms with van der Waals surface area (Å²) in [7, 11) is 4.95. The standard InChI is InChI=1S/C13H27BO/c1-2-3-4-5-6-7-8-9-10-11-12-13-15-14/h2-13H2,1H3. The van der Waals surface area contributed by atoms with Gasteiger partial charge in [0, 0.05) is 6.61 Å². The second-order valence-corrected chi connectivity index (χ2v) is 4.41. The fourth-order valence-electron chi connectivity index (χ4n) is 1.85. The first-order valence-corrected chi connectivity index (χ1v) is 6.73. The lowest BCUT2D eigenvalue weighted by atomic mass is 10.1. The highest BCUT2D eigenvalue weighted by Crippen LogP contribution is 2.10. The minimum atomic E-state index is 0.719. The average Bonchev–Trinajstić information content (AvgIpc) is 2.26. The third-order valence-electron chi connectivity index (χ3n) is 2.87. The van der Waals surface area contributed by atoms with Crippen LogP contribution >= 0.6 is 0 Å². The Bertz CT molecular complexity index is 94.7. The average molecular weight is 210 g/mol. The van der Waals surface area contributed by atoms with Gasteiger partial charge >= 0.3 is 0 Å². The molecule has 1 nitrogen and oxygen atoms in total. The zero-order valence-corrected chi connectivity index (χ0v) is 10.5. The minimum absolute atomic E-state index is 0.719. The molecule has 0 N–H and O–H groups in total. The van der Waals surface area contributed by atoms with E-state index in [2.05, 4.69) is 11.6 Å². The largest absolute Gasteiger partial charge is 0.448 e. The first kappa shape index (κ1) is 15.0. The van der Waals surface area contributed by atoms with Crippen molar-refractivity contribution in [3.05, 3.63) is 0 Å². The molecular formula is C13H27BO. The summed E-state index contributed by atoms with van der Waals surface area (Å²) in [5.41, 5.74) is 0. The molecule has 2 heteroatoms. The summed E-state index contributed by atoms with van der Waals surface area (Å²) in [6.07, 6.45) is 15.0. The fraction of sp³-hybridized carbons (Fsp3) is 1.00. The molecule has 0 aromatic carbocycles. The summed E-state index contributed by atoms with van der Waals surface area (Å²) >= 11 is 0. The second kappa shape index (κ2) is 14.0. The number of hydrogen-bond donors (Lipinski definition) is 0. The van der Waals surface area contributed by atoms with Gasteiger partial charge in [0.25, 0.3) is 8.05 Å².